The summed E-state index contributed by atoms with van der Waals surface area (Å²) in [5.74, 6) is -1.25. The van der Waals surface area contributed by atoms with Gasteiger partial charge < -0.3 is 4.42 Å². The minimum atomic E-state index is -0.945. The number of halogens is 1. The lowest BCUT2D eigenvalue weighted by Crippen LogP contribution is -2.11. The molecule has 1 atom stereocenters. The summed E-state index contributed by atoms with van der Waals surface area (Å²) < 4.78 is 5.37. The van der Waals surface area contributed by atoms with Gasteiger partial charge in [-0.05, 0) is 17.7 Å². The number of furan rings is 1. The molecule has 0 aliphatic heterocycles. The summed E-state index contributed by atoms with van der Waals surface area (Å²) in [6.07, 6.45) is 1.40. The third-order valence-corrected chi connectivity index (χ3v) is 3.70. The van der Waals surface area contributed by atoms with E-state index in [4.69, 9.17) is 16.0 Å². The van der Waals surface area contributed by atoms with Crippen LogP contribution in [-0.4, -0.2) is 5.78 Å². The molecule has 21 heavy (non-hydrogen) atoms. The van der Waals surface area contributed by atoms with Crippen LogP contribution in [0.25, 0.3) is 11.0 Å². The first-order valence-electron chi connectivity index (χ1n) is 6.37. The summed E-state index contributed by atoms with van der Waals surface area (Å²) in [6.45, 7) is 0. The maximum atomic E-state index is 12.7. The summed E-state index contributed by atoms with van der Waals surface area (Å²) in [5.41, 5.74) is 1.53. The zero-order valence-electron chi connectivity index (χ0n) is 10.9. The molecular weight excluding hydrogens is 286 g/mol. The van der Waals surface area contributed by atoms with Crippen LogP contribution in [0.1, 0.15) is 21.8 Å². The maximum absolute atomic E-state index is 12.7. The van der Waals surface area contributed by atoms with Gasteiger partial charge in [0.1, 0.15) is 17.8 Å². The number of nitriles is 1. The van der Waals surface area contributed by atoms with Gasteiger partial charge in [0.05, 0.1) is 11.6 Å². The van der Waals surface area contributed by atoms with Crippen LogP contribution in [0, 0.1) is 11.3 Å². The molecule has 1 heterocycles. The van der Waals surface area contributed by atoms with E-state index >= 15 is 0 Å². The van der Waals surface area contributed by atoms with Gasteiger partial charge in [-0.15, -0.1) is 0 Å². The summed E-state index contributed by atoms with van der Waals surface area (Å²) in [7, 11) is 0. The molecule has 0 amide bonds. The molecular formula is C17H10ClNO2. The van der Waals surface area contributed by atoms with Crippen LogP contribution in [0.4, 0.5) is 0 Å². The Morgan fingerprint density at radius 3 is 2.62 bits per heavy atom. The summed E-state index contributed by atoms with van der Waals surface area (Å²) >= 11 is 6.09. The minimum Gasteiger partial charge on any atom is -0.464 e. The van der Waals surface area contributed by atoms with Crippen molar-refractivity contribution >= 4 is 28.4 Å². The van der Waals surface area contributed by atoms with Gasteiger partial charge in [0.2, 0.25) is 0 Å². The van der Waals surface area contributed by atoms with E-state index in [9.17, 15) is 10.1 Å². The third-order valence-electron chi connectivity index (χ3n) is 3.35. The first-order chi connectivity index (χ1) is 10.2. The standard InChI is InChI=1S/C17H10ClNO2/c18-15-7-3-1-5-11(15)13(9-19)17(20)14-10-21-16-8-4-2-6-12(14)16/h1-8,10,13H. The molecule has 4 heteroatoms. The van der Waals surface area contributed by atoms with E-state index in [-0.39, 0.29) is 5.78 Å². The summed E-state index contributed by atoms with van der Waals surface area (Å²) in [5, 5.41) is 10.5. The lowest BCUT2D eigenvalue weighted by Gasteiger charge is -2.09. The largest absolute Gasteiger partial charge is 0.464 e. The molecule has 3 aromatic rings. The highest BCUT2D eigenvalue weighted by Gasteiger charge is 2.26. The van der Waals surface area contributed by atoms with Gasteiger partial charge in [0.15, 0.2) is 5.78 Å². The number of hydrogen-bond donors (Lipinski definition) is 0. The van der Waals surface area contributed by atoms with Gasteiger partial charge >= 0.3 is 0 Å². The van der Waals surface area contributed by atoms with Gasteiger partial charge in [-0.1, -0.05) is 48.0 Å². The molecule has 0 fully saturated rings. The van der Waals surface area contributed by atoms with Crippen LogP contribution in [-0.2, 0) is 0 Å². The van der Waals surface area contributed by atoms with Crippen molar-refractivity contribution in [2.75, 3.05) is 0 Å². The fourth-order valence-corrected chi connectivity index (χ4v) is 2.55. The van der Waals surface area contributed by atoms with Crippen molar-refractivity contribution < 1.29 is 9.21 Å². The number of benzene rings is 2. The van der Waals surface area contributed by atoms with Crippen molar-refractivity contribution in [1.29, 1.82) is 5.26 Å². The zero-order valence-corrected chi connectivity index (χ0v) is 11.7. The van der Waals surface area contributed by atoms with E-state index in [1.807, 2.05) is 18.2 Å². The molecule has 0 bridgehead atoms. The Balaban J connectivity index is 2.08. The lowest BCUT2D eigenvalue weighted by molar-refractivity contribution is 0.0979. The highest BCUT2D eigenvalue weighted by Crippen LogP contribution is 2.30. The van der Waals surface area contributed by atoms with E-state index < -0.39 is 5.92 Å². The average Bonchev–Trinajstić information content (AvgIpc) is 2.93. The molecule has 3 nitrogen and oxygen atoms in total. The number of hydrogen-bond acceptors (Lipinski definition) is 3. The Morgan fingerprint density at radius 1 is 1.14 bits per heavy atom. The van der Waals surface area contributed by atoms with E-state index in [0.717, 1.165) is 0 Å². The number of nitrogens with zero attached hydrogens (tertiary/aromatic N) is 1. The van der Waals surface area contributed by atoms with Crippen LogP contribution in [0.15, 0.2) is 59.2 Å². The molecule has 0 saturated heterocycles. The Labute approximate surface area is 126 Å². The number of para-hydroxylation sites is 1. The fraction of sp³-hybridized carbons (Fsp3) is 0.0588. The highest BCUT2D eigenvalue weighted by molar-refractivity contribution is 6.32. The van der Waals surface area contributed by atoms with Crippen LogP contribution >= 0.6 is 11.6 Å². The highest BCUT2D eigenvalue weighted by atomic mass is 35.5. The number of rotatable bonds is 3. The SMILES string of the molecule is N#CC(C(=O)c1coc2ccccc12)c1ccccc1Cl. The first-order valence-corrected chi connectivity index (χ1v) is 6.74. The van der Waals surface area contributed by atoms with Gasteiger partial charge in [-0.3, -0.25) is 4.79 Å². The van der Waals surface area contributed by atoms with Gasteiger partial charge in [-0.2, -0.15) is 5.26 Å². The van der Waals surface area contributed by atoms with Crippen molar-refractivity contribution in [1.82, 2.24) is 0 Å². The van der Waals surface area contributed by atoms with Gasteiger partial charge in [-0.25, -0.2) is 0 Å². The van der Waals surface area contributed by atoms with Crippen LogP contribution in [0.2, 0.25) is 5.02 Å². The fourth-order valence-electron chi connectivity index (χ4n) is 2.30. The summed E-state index contributed by atoms with van der Waals surface area (Å²) in [4.78, 5) is 12.7. The van der Waals surface area contributed by atoms with E-state index in [0.29, 0.717) is 27.1 Å². The van der Waals surface area contributed by atoms with Crippen LogP contribution in [0.5, 0.6) is 0 Å². The second-order valence-corrected chi connectivity index (χ2v) is 5.00. The van der Waals surface area contributed by atoms with E-state index in [2.05, 4.69) is 0 Å². The monoisotopic (exact) mass is 295 g/mol. The van der Waals surface area contributed by atoms with Crippen molar-refractivity contribution in [3.63, 3.8) is 0 Å². The molecule has 1 aromatic heterocycles. The van der Waals surface area contributed by atoms with E-state index in [1.165, 1.54) is 6.26 Å². The smallest absolute Gasteiger partial charge is 0.188 e. The molecule has 2 aromatic carbocycles. The molecule has 1 unspecified atom stereocenters. The Hall–Kier alpha value is -2.57. The Kier molecular flexibility index (Phi) is 3.47. The zero-order chi connectivity index (χ0) is 14.8. The van der Waals surface area contributed by atoms with Crippen molar-refractivity contribution in [3.05, 3.63) is 70.9 Å². The van der Waals surface area contributed by atoms with Crippen molar-refractivity contribution in [3.8, 4) is 6.07 Å². The maximum Gasteiger partial charge on any atom is 0.188 e. The molecule has 0 saturated carbocycles. The van der Waals surface area contributed by atoms with Crippen LogP contribution < -0.4 is 0 Å². The Bertz CT molecular complexity index is 860. The quantitative estimate of drug-likeness (QED) is 0.665. The molecule has 0 radical (unpaired) electrons. The predicted octanol–water partition coefficient (Wildman–Crippen LogP) is 4.58. The van der Waals surface area contributed by atoms with Gasteiger partial charge in [0.25, 0.3) is 0 Å². The molecule has 0 aliphatic carbocycles. The summed E-state index contributed by atoms with van der Waals surface area (Å²) in [6, 6.07) is 16.1. The second kappa shape index (κ2) is 5.43. The third kappa shape index (κ3) is 2.31. The Morgan fingerprint density at radius 2 is 1.86 bits per heavy atom. The number of ketones is 1. The number of carbonyl (C=O) groups is 1. The minimum absolute atomic E-state index is 0.310. The number of carbonyl (C=O) groups excluding carboxylic acids is 1. The normalized spacial score (nSPS) is 12.0. The average molecular weight is 296 g/mol. The first kappa shape index (κ1) is 13.4. The van der Waals surface area contributed by atoms with Crippen LogP contribution in [0.3, 0.4) is 0 Å². The number of fused-ring (bicyclic) bond motifs is 1. The molecule has 0 spiro atoms. The molecule has 3 rings (SSSR count). The predicted molar refractivity (Wildman–Crippen MR) is 80.4 cm³/mol. The lowest BCUT2D eigenvalue weighted by atomic mass is 9.91. The molecule has 0 N–H and O–H groups in total. The van der Waals surface area contributed by atoms with Crippen molar-refractivity contribution in [2.24, 2.45) is 0 Å². The van der Waals surface area contributed by atoms with E-state index in [1.54, 1.807) is 36.4 Å². The van der Waals surface area contributed by atoms with Crippen molar-refractivity contribution in [2.45, 2.75) is 5.92 Å². The number of Topliss-reactive ketones (excluding diaryl/α,β-unsaturated/α-hetero) is 1. The van der Waals surface area contributed by atoms with Gasteiger partial charge in [0, 0.05) is 10.4 Å². The molecule has 102 valence electrons. The molecule has 0 aliphatic rings. The topological polar surface area (TPSA) is 54.0 Å². The second-order valence-electron chi connectivity index (χ2n) is 4.59.